The van der Waals surface area contributed by atoms with Gasteiger partial charge in [0.15, 0.2) is 5.78 Å². The molecule has 1 aromatic heterocycles. The fraction of sp³-hybridized carbons (Fsp3) is 0.217. The highest BCUT2D eigenvalue weighted by Crippen LogP contribution is 2.17. The number of aryl methyl sites for hydroxylation is 1. The lowest BCUT2D eigenvalue weighted by atomic mass is 10.0. The van der Waals surface area contributed by atoms with Crippen LogP contribution in [0.4, 0.5) is 0 Å². The van der Waals surface area contributed by atoms with Crippen molar-refractivity contribution in [2.24, 2.45) is 7.05 Å². The van der Waals surface area contributed by atoms with E-state index in [4.69, 9.17) is 4.74 Å². The second-order valence-corrected chi connectivity index (χ2v) is 6.79. The van der Waals surface area contributed by atoms with Crippen LogP contribution in [0.1, 0.15) is 47.1 Å². The standard InChI is InChI=1S/C23H24N2O2/c1-17(2)19-7-4-18(5-8-19)6-13-22(26)20-9-11-21(12-10-20)27-16-23-24-14-15-25(23)3/h4-15,17H,16H2,1-3H3/b13-6+. The predicted octanol–water partition coefficient (Wildman–Crippen LogP) is 5.02. The molecule has 138 valence electrons. The van der Waals surface area contributed by atoms with Crippen LogP contribution in [-0.4, -0.2) is 15.3 Å². The average Bonchev–Trinajstić information content (AvgIpc) is 3.10. The zero-order valence-corrected chi connectivity index (χ0v) is 15.9. The van der Waals surface area contributed by atoms with Crippen molar-refractivity contribution < 1.29 is 9.53 Å². The molecule has 1 heterocycles. The van der Waals surface area contributed by atoms with Crippen molar-refractivity contribution in [3.05, 3.63) is 89.5 Å². The van der Waals surface area contributed by atoms with E-state index in [-0.39, 0.29) is 5.78 Å². The van der Waals surface area contributed by atoms with Gasteiger partial charge in [-0.2, -0.15) is 0 Å². The van der Waals surface area contributed by atoms with Gasteiger partial charge in [0.1, 0.15) is 18.2 Å². The first-order valence-corrected chi connectivity index (χ1v) is 9.04. The molecule has 0 aliphatic carbocycles. The smallest absolute Gasteiger partial charge is 0.185 e. The maximum absolute atomic E-state index is 12.4. The maximum atomic E-state index is 12.4. The topological polar surface area (TPSA) is 44.1 Å². The summed E-state index contributed by atoms with van der Waals surface area (Å²) >= 11 is 0. The summed E-state index contributed by atoms with van der Waals surface area (Å²) in [7, 11) is 1.93. The maximum Gasteiger partial charge on any atom is 0.185 e. The molecule has 3 aromatic rings. The molecular weight excluding hydrogens is 336 g/mol. The number of hydrogen-bond donors (Lipinski definition) is 0. The molecule has 3 rings (SSSR count). The fourth-order valence-electron chi connectivity index (χ4n) is 2.66. The Balaban J connectivity index is 1.59. The van der Waals surface area contributed by atoms with Crippen molar-refractivity contribution in [1.82, 2.24) is 9.55 Å². The summed E-state index contributed by atoms with van der Waals surface area (Å²) in [5.41, 5.74) is 2.94. The Morgan fingerprint density at radius 2 is 1.81 bits per heavy atom. The number of carbonyl (C=O) groups is 1. The Hall–Kier alpha value is -3.14. The van der Waals surface area contributed by atoms with Gasteiger partial charge in [-0.1, -0.05) is 44.2 Å². The summed E-state index contributed by atoms with van der Waals surface area (Å²) in [5, 5.41) is 0. The normalized spacial score (nSPS) is 11.3. The molecule has 0 N–H and O–H groups in total. The molecule has 2 aromatic carbocycles. The zero-order valence-electron chi connectivity index (χ0n) is 15.9. The molecule has 27 heavy (non-hydrogen) atoms. The van der Waals surface area contributed by atoms with Crippen LogP contribution < -0.4 is 4.74 Å². The van der Waals surface area contributed by atoms with E-state index in [1.165, 1.54) is 5.56 Å². The van der Waals surface area contributed by atoms with E-state index in [0.717, 1.165) is 11.4 Å². The van der Waals surface area contributed by atoms with Gasteiger partial charge in [-0.05, 0) is 47.4 Å². The van der Waals surface area contributed by atoms with Crippen molar-refractivity contribution in [3.63, 3.8) is 0 Å². The van der Waals surface area contributed by atoms with Gasteiger partial charge in [-0.25, -0.2) is 4.98 Å². The summed E-state index contributed by atoms with van der Waals surface area (Å²) in [6.45, 7) is 4.72. The second-order valence-electron chi connectivity index (χ2n) is 6.79. The Morgan fingerprint density at radius 1 is 1.11 bits per heavy atom. The van der Waals surface area contributed by atoms with Crippen LogP contribution in [0, 0.1) is 0 Å². The van der Waals surface area contributed by atoms with Crippen molar-refractivity contribution in [2.75, 3.05) is 0 Å². The molecule has 0 aliphatic heterocycles. The van der Waals surface area contributed by atoms with Crippen LogP contribution in [-0.2, 0) is 13.7 Å². The van der Waals surface area contributed by atoms with Crippen LogP contribution in [0.2, 0.25) is 0 Å². The lowest BCUT2D eigenvalue weighted by Gasteiger charge is -2.06. The van der Waals surface area contributed by atoms with Gasteiger partial charge in [-0.3, -0.25) is 4.79 Å². The lowest BCUT2D eigenvalue weighted by molar-refractivity contribution is 0.104. The second kappa shape index (κ2) is 8.49. The summed E-state index contributed by atoms with van der Waals surface area (Å²) in [6.07, 6.45) is 7.07. The number of benzene rings is 2. The molecule has 0 bridgehead atoms. The molecule has 0 saturated heterocycles. The summed E-state index contributed by atoms with van der Waals surface area (Å²) < 4.78 is 7.63. The van der Waals surface area contributed by atoms with E-state index in [2.05, 4.69) is 31.0 Å². The molecule has 0 saturated carbocycles. The van der Waals surface area contributed by atoms with Crippen LogP contribution in [0.3, 0.4) is 0 Å². The molecule has 4 heteroatoms. The summed E-state index contributed by atoms with van der Waals surface area (Å²) in [5.74, 6) is 2.03. The zero-order chi connectivity index (χ0) is 19.2. The number of ketones is 1. The van der Waals surface area contributed by atoms with Crippen molar-refractivity contribution in [1.29, 1.82) is 0 Å². The third kappa shape index (κ3) is 4.94. The third-order valence-electron chi connectivity index (χ3n) is 4.46. The Bertz CT molecular complexity index is 920. The Morgan fingerprint density at radius 3 is 2.41 bits per heavy atom. The molecule has 0 unspecified atom stereocenters. The first-order chi connectivity index (χ1) is 13.0. The predicted molar refractivity (Wildman–Crippen MR) is 108 cm³/mol. The van der Waals surface area contributed by atoms with Gasteiger partial charge < -0.3 is 9.30 Å². The van der Waals surface area contributed by atoms with Gasteiger partial charge in [0.25, 0.3) is 0 Å². The molecule has 0 atom stereocenters. The monoisotopic (exact) mass is 360 g/mol. The number of nitrogens with zero attached hydrogens (tertiary/aromatic N) is 2. The minimum Gasteiger partial charge on any atom is -0.486 e. The Kier molecular flexibility index (Phi) is 5.87. The highest BCUT2D eigenvalue weighted by atomic mass is 16.5. The Labute approximate surface area is 160 Å². The number of hydrogen-bond acceptors (Lipinski definition) is 3. The minimum atomic E-state index is -0.0291. The van der Waals surface area contributed by atoms with Gasteiger partial charge in [0.05, 0.1) is 0 Å². The van der Waals surface area contributed by atoms with Gasteiger partial charge in [-0.15, -0.1) is 0 Å². The molecule has 0 aliphatic rings. The molecule has 0 spiro atoms. The quantitative estimate of drug-likeness (QED) is 0.439. The number of aromatic nitrogens is 2. The number of rotatable bonds is 7. The van der Waals surface area contributed by atoms with Gasteiger partial charge in [0, 0.05) is 25.0 Å². The first-order valence-electron chi connectivity index (χ1n) is 9.04. The highest BCUT2D eigenvalue weighted by Gasteiger charge is 2.04. The first kappa shape index (κ1) is 18.6. The van der Waals surface area contributed by atoms with Crippen LogP contribution in [0.5, 0.6) is 5.75 Å². The number of ether oxygens (including phenoxy) is 1. The molecule has 4 nitrogen and oxygen atoms in total. The van der Waals surface area contributed by atoms with Crippen molar-refractivity contribution >= 4 is 11.9 Å². The number of carbonyl (C=O) groups excluding carboxylic acids is 1. The van der Waals surface area contributed by atoms with Crippen LogP contribution in [0.25, 0.3) is 6.08 Å². The van der Waals surface area contributed by atoms with E-state index in [1.54, 1.807) is 36.5 Å². The molecular formula is C23H24N2O2. The summed E-state index contributed by atoms with van der Waals surface area (Å²) in [6, 6.07) is 15.4. The molecule has 0 fully saturated rings. The van der Waals surface area contributed by atoms with Gasteiger partial charge >= 0.3 is 0 Å². The SMILES string of the molecule is CC(C)c1ccc(/C=C/C(=O)c2ccc(OCc3nccn3C)cc2)cc1. The summed E-state index contributed by atoms with van der Waals surface area (Å²) in [4.78, 5) is 16.6. The largest absolute Gasteiger partial charge is 0.486 e. The van der Waals surface area contributed by atoms with E-state index < -0.39 is 0 Å². The van der Waals surface area contributed by atoms with E-state index in [9.17, 15) is 4.79 Å². The van der Waals surface area contributed by atoms with Crippen molar-refractivity contribution in [3.8, 4) is 5.75 Å². The molecule has 0 amide bonds. The van der Waals surface area contributed by atoms with Crippen LogP contribution in [0.15, 0.2) is 67.0 Å². The molecule has 0 radical (unpaired) electrons. The lowest BCUT2D eigenvalue weighted by Crippen LogP contribution is -2.03. The number of imidazole rings is 1. The number of allylic oxidation sites excluding steroid dienone is 1. The van der Waals surface area contributed by atoms with Crippen molar-refractivity contribution in [2.45, 2.75) is 26.4 Å². The minimum absolute atomic E-state index is 0.0291. The van der Waals surface area contributed by atoms with E-state index in [0.29, 0.717) is 23.8 Å². The third-order valence-corrected chi connectivity index (χ3v) is 4.46. The van der Waals surface area contributed by atoms with E-state index in [1.807, 2.05) is 36.0 Å². The van der Waals surface area contributed by atoms with Gasteiger partial charge in [0.2, 0.25) is 0 Å². The average molecular weight is 360 g/mol. The fourth-order valence-corrected chi connectivity index (χ4v) is 2.66. The van der Waals surface area contributed by atoms with Crippen LogP contribution >= 0.6 is 0 Å². The highest BCUT2D eigenvalue weighted by molar-refractivity contribution is 6.06. The van der Waals surface area contributed by atoms with E-state index >= 15 is 0 Å².